The third kappa shape index (κ3) is 4.23. The molecule has 6 nitrogen and oxygen atoms in total. The van der Waals surface area contributed by atoms with E-state index in [2.05, 4.69) is 26.5 Å². The van der Waals surface area contributed by atoms with Crippen molar-refractivity contribution < 1.29 is 19.7 Å². The molecule has 1 amide bonds. The Morgan fingerprint density at radius 1 is 1.35 bits per heavy atom. The molecule has 0 bridgehead atoms. The average Bonchev–Trinajstić information content (AvgIpc) is 2.52. The fraction of sp³-hybridized carbons (Fsp3) is 0.125. The van der Waals surface area contributed by atoms with E-state index in [1.165, 1.54) is 18.3 Å². The van der Waals surface area contributed by atoms with Gasteiger partial charge >= 0.3 is 0 Å². The summed E-state index contributed by atoms with van der Waals surface area (Å²) in [6, 6.07) is 9.40. The van der Waals surface area contributed by atoms with Gasteiger partial charge < -0.3 is 14.9 Å². The number of nitrogens with one attached hydrogen (secondary N) is 1. The van der Waals surface area contributed by atoms with Gasteiger partial charge in [0.15, 0.2) is 11.5 Å². The topological polar surface area (TPSA) is 91.2 Å². The number of amides is 1. The van der Waals surface area contributed by atoms with E-state index in [0.717, 1.165) is 0 Å². The number of benzene rings is 2. The monoisotopic (exact) mass is 378 g/mol. The largest absolute Gasteiger partial charge is 0.507 e. The van der Waals surface area contributed by atoms with Crippen LogP contribution in [0.1, 0.15) is 22.8 Å². The van der Waals surface area contributed by atoms with Crippen LogP contribution in [-0.4, -0.2) is 28.9 Å². The summed E-state index contributed by atoms with van der Waals surface area (Å²) in [4.78, 5) is 11.9. The Kier molecular flexibility index (Phi) is 5.59. The summed E-state index contributed by atoms with van der Waals surface area (Å²) in [7, 11) is 0. The second kappa shape index (κ2) is 7.64. The van der Waals surface area contributed by atoms with Gasteiger partial charge in [-0.2, -0.15) is 5.10 Å². The molecule has 0 radical (unpaired) electrons. The lowest BCUT2D eigenvalue weighted by Crippen LogP contribution is -2.17. The van der Waals surface area contributed by atoms with E-state index in [4.69, 9.17) is 4.74 Å². The van der Waals surface area contributed by atoms with Gasteiger partial charge in [-0.05, 0) is 31.2 Å². The zero-order valence-electron chi connectivity index (χ0n) is 12.3. The first-order valence-corrected chi connectivity index (χ1v) is 7.59. The van der Waals surface area contributed by atoms with Gasteiger partial charge in [0, 0.05) is 10.0 Å². The van der Waals surface area contributed by atoms with Crippen molar-refractivity contribution in [1.29, 1.82) is 0 Å². The summed E-state index contributed by atoms with van der Waals surface area (Å²) in [6.45, 7) is 2.21. The molecular formula is C16H15BrN2O4. The number of aromatic hydroxyl groups is 2. The number of phenolic OH excluding ortho intramolecular Hbond substituents is 2. The molecule has 120 valence electrons. The Morgan fingerprint density at radius 3 is 2.78 bits per heavy atom. The van der Waals surface area contributed by atoms with Crippen LogP contribution in [0.4, 0.5) is 0 Å². The number of ether oxygens (including phenoxy) is 1. The summed E-state index contributed by atoms with van der Waals surface area (Å²) in [5.74, 6) is -0.450. The molecule has 0 aliphatic heterocycles. The quantitative estimate of drug-likeness (QED) is 0.550. The molecule has 23 heavy (non-hydrogen) atoms. The fourth-order valence-electron chi connectivity index (χ4n) is 1.84. The van der Waals surface area contributed by atoms with E-state index in [1.807, 2.05) is 0 Å². The maximum atomic E-state index is 11.9. The summed E-state index contributed by atoms with van der Waals surface area (Å²) in [5.41, 5.74) is 2.77. The SMILES string of the molecule is CCOc1cc(Br)cc(C=NNC(=O)c2ccccc2O)c1O. The minimum atomic E-state index is -0.557. The van der Waals surface area contributed by atoms with Gasteiger partial charge in [-0.15, -0.1) is 0 Å². The van der Waals surface area contributed by atoms with E-state index in [0.29, 0.717) is 22.4 Å². The number of carbonyl (C=O) groups is 1. The van der Waals surface area contributed by atoms with E-state index >= 15 is 0 Å². The molecule has 0 atom stereocenters. The minimum Gasteiger partial charge on any atom is -0.507 e. The van der Waals surface area contributed by atoms with Crippen molar-refractivity contribution >= 4 is 28.1 Å². The molecule has 0 unspecified atom stereocenters. The summed E-state index contributed by atoms with van der Waals surface area (Å²) >= 11 is 3.31. The Labute approximate surface area is 141 Å². The smallest absolute Gasteiger partial charge is 0.275 e. The molecule has 0 aliphatic rings. The van der Waals surface area contributed by atoms with Crippen molar-refractivity contribution in [3.05, 3.63) is 52.0 Å². The van der Waals surface area contributed by atoms with Gasteiger partial charge in [0.05, 0.1) is 18.4 Å². The van der Waals surface area contributed by atoms with Gasteiger partial charge in [-0.1, -0.05) is 28.1 Å². The second-order valence-electron chi connectivity index (χ2n) is 4.49. The standard InChI is InChI=1S/C16H15BrN2O4/c1-2-23-14-8-11(17)7-10(15(14)21)9-18-19-16(22)12-5-3-4-6-13(12)20/h3-9,20-21H,2H2,1H3,(H,19,22). The molecule has 0 saturated carbocycles. The van der Waals surface area contributed by atoms with Crippen molar-refractivity contribution in [3.8, 4) is 17.2 Å². The molecule has 2 aromatic carbocycles. The third-order valence-electron chi connectivity index (χ3n) is 2.89. The highest BCUT2D eigenvalue weighted by Gasteiger charge is 2.10. The maximum Gasteiger partial charge on any atom is 0.275 e. The Morgan fingerprint density at radius 2 is 2.09 bits per heavy atom. The predicted molar refractivity (Wildman–Crippen MR) is 90.1 cm³/mol. The number of hydrazone groups is 1. The van der Waals surface area contributed by atoms with Crippen LogP contribution < -0.4 is 10.2 Å². The van der Waals surface area contributed by atoms with E-state index in [9.17, 15) is 15.0 Å². The number of hydrogen-bond donors (Lipinski definition) is 3. The number of para-hydroxylation sites is 1. The molecule has 0 aliphatic carbocycles. The zero-order valence-corrected chi connectivity index (χ0v) is 13.9. The molecule has 0 fully saturated rings. The number of hydrogen-bond acceptors (Lipinski definition) is 5. The molecule has 0 aromatic heterocycles. The number of nitrogens with zero attached hydrogens (tertiary/aromatic N) is 1. The van der Waals surface area contributed by atoms with Crippen LogP contribution in [0.5, 0.6) is 17.2 Å². The van der Waals surface area contributed by atoms with Crippen LogP contribution >= 0.6 is 15.9 Å². The predicted octanol–water partition coefficient (Wildman–Crippen LogP) is 3.02. The third-order valence-corrected chi connectivity index (χ3v) is 3.35. The van der Waals surface area contributed by atoms with Crippen LogP contribution in [0, 0.1) is 0 Å². The molecule has 2 rings (SSSR count). The number of phenols is 2. The van der Waals surface area contributed by atoms with Crippen molar-refractivity contribution in [2.24, 2.45) is 5.10 Å². The van der Waals surface area contributed by atoms with Gasteiger partial charge in [-0.3, -0.25) is 4.79 Å². The van der Waals surface area contributed by atoms with Crippen LogP contribution in [-0.2, 0) is 0 Å². The van der Waals surface area contributed by atoms with Crippen LogP contribution in [0.3, 0.4) is 0 Å². The fourth-order valence-corrected chi connectivity index (χ4v) is 2.30. The molecular weight excluding hydrogens is 364 g/mol. The summed E-state index contributed by atoms with van der Waals surface area (Å²) in [6.07, 6.45) is 1.29. The summed E-state index contributed by atoms with van der Waals surface area (Å²) in [5, 5.41) is 23.5. The maximum absolute atomic E-state index is 11.9. The first-order chi connectivity index (χ1) is 11.0. The normalized spacial score (nSPS) is 10.7. The lowest BCUT2D eigenvalue weighted by molar-refractivity contribution is 0.0952. The second-order valence-corrected chi connectivity index (χ2v) is 5.41. The lowest BCUT2D eigenvalue weighted by atomic mass is 10.2. The Bertz CT molecular complexity index is 747. The van der Waals surface area contributed by atoms with Gasteiger partial charge in [0.25, 0.3) is 5.91 Å². The van der Waals surface area contributed by atoms with E-state index < -0.39 is 5.91 Å². The molecule has 0 saturated heterocycles. The number of rotatable bonds is 5. The lowest BCUT2D eigenvalue weighted by Gasteiger charge is -2.08. The van der Waals surface area contributed by atoms with Crippen LogP contribution in [0.2, 0.25) is 0 Å². The van der Waals surface area contributed by atoms with E-state index in [1.54, 1.807) is 31.2 Å². The zero-order chi connectivity index (χ0) is 16.8. The molecule has 7 heteroatoms. The van der Waals surface area contributed by atoms with Gasteiger partial charge in [0.1, 0.15) is 5.75 Å². The number of halogens is 1. The van der Waals surface area contributed by atoms with Crippen LogP contribution in [0.15, 0.2) is 46.0 Å². The Balaban J connectivity index is 2.15. The average molecular weight is 379 g/mol. The first kappa shape index (κ1) is 16.8. The van der Waals surface area contributed by atoms with Crippen molar-refractivity contribution in [2.75, 3.05) is 6.61 Å². The Hall–Kier alpha value is -2.54. The minimum absolute atomic E-state index is 0.0735. The molecule has 3 N–H and O–H groups in total. The van der Waals surface area contributed by atoms with Crippen molar-refractivity contribution in [2.45, 2.75) is 6.92 Å². The number of carbonyl (C=O) groups excluding carboxylic acids is 1. The van der Waals surface area contributed by atoms with Crippen molar-refractivity contribution in [1.82, 2.24) is 5.43 Å². The van der Waals surface area contributed by atoms with Gasteiger partial charge in [-0.25, -0.2) is 5.43 Å². The van der Waals surface area contributed by atoms with Gasteiger partial charge in [0.2, 0.25) is 0 Å². The first-order valence-electron chi connectivity index (χ1n) is 6.79. The van der Waals surface area contributed by atoms with E-state index in [-0.39, 0.29) is 17.1 Å². The molecule has 2 aromatic rings. The molecule has 0 spiro atoms. The summed E-state index contributed by atoms with van der Waals surface area (Å²) < 4.78 is 6.01. The highest BCUT2D eigenvalue weighted by Crippen LogP contribution is 2.32. The molecule has 0 heterocycles. The highest BCUT2D eigenvalue weighted by atomic mass is 79.9. The van der Waals surface area contributed by atoms with Crippen LogP contribution in [0.25, 0.3) is 0 Å². The van der Waals surface area contributed by atoms with Crippen molar-refractivity contribution in [3.63, 3.8) is 0 Å². The highest BCUT2D eigenvalue weighted by molar-refractivity contribution is 9.10.